The number of nitrogens with zero attached hydrogens (tertiary/aromatic N) is 4. The van der Waals surface area contributed by atoms with Crippen molar-refractivity contribution in [2.75, 3.05) is 23.7 Å². The van der Waals surface area contributed by atoms with Crippen molar-refractivity contribution in [2.45, 2.75) is 25.7 Å². The molecule has 1 aliphatic rings. The molecule has 1 saturated heterocycles. The van der Waals surface area contributed by atoms with Gasteiger partial charge in [0.1, 0.15) is 17.2 Å². The molecule has 1 fully saturated rings. The third-order valence-corrected chi connectivity index (χ3v) is 4.99. The van der Waals surface area contributed by atoms with Gasteiger partial charge in [-0.1, -0.05) is 11.6 Å². The van der Waals surface area contributed by atoms with Crippen LogP contribution in [0.15, 0.2) is 11.7 Å². The Morgan fingerprint density at radius 3 is 3.05 bits per heavy atom. The number of anilines is 2. The van der Waals surface area contributed by atoms with Gasteiger partial charge < -0.3 is 10.6 Å². The fraction of sp³-hybridized carbons (Fsp3) is 0.462. The fourth-order valence-electron chi connectivity index (χ4n) is 2.52. The standard InChI is InChI=1S/C13H16ClN5S/c1-8-6-20-13(18-8)9-3-2-4-19(5-9)12-10(14)11(15)16-7-17-12/h6-7,9H,2-5H2,1H3,(H2,15,16,17). The molecule has 106 valence electrons. The predicted molar refractivity (Wildman–Crippen MR) is 82.5 cm³/mol. The average molecular weight is 310 g/mol. The lowest BCUT2D eigenvalue weighted by Gasteiger charge is -2.33. The zero-order chi connectivity index (χ0) is 14.1. The second-order valence-corrected chi connectivity index (χ2v) is 6.28. The largest absolute Gasteiger partial charge is 0.382 e. The number of piperidine rings is 1. The van der Waals surface area contributed by atoms with Crippen molar-refractivity contribution in [2.24, 2.45) is 0 Å². The topological polar surface area (TPSA) is 67.9 Å². The number of thiazole rings is 1. The van der Waals surface area contributed by atoms with E-state index in [1.165, 1.54) is 11.3 Å². The number of nitrogen functional groups attached to an aromatic ring is 1. The fourth-order valence-corrected chi connectivity index (χ4v) is 3.67. The van der Waals surface area contributed by atoms with E-state index < -0.39 is 0 Å². The number of aryl methyl sites for hydroxylation is 1. The van der Waals surface area contributed by atoms with Crippen molar-refractivity contribution >= 4 is 34.6 Å². The van der Waals surface area contributed by atoms with Gasteiger partial charge in [-0.25, -0.2) is 15.0 Å². The molecular weight excluding hydrogens is 294 g/mol. The summed E-state index contributed by atoms with van der Waals surface area (Å²) in [5.74, 6) is 1.51. The molecule has 0 radical (unpaired) electrons. The quantitative estimate of drug-likeness (QED) is 0.924. The Morgan fingerprint density at radius 2 is 2.30 bits per heavy atom. The molecule has 5 nitrogen and oxygen atoms in total. The molecular formula is C13H16ClN5S. The summed E-state index contributed by atoms with van der Waals surface area (Å²) in [6, 6.07) is 0. The predicted octanol–water partition coefficient (Wildman–Crippen LogP) is 2.86. The van der Waals surface area contributed by atoms with E-state index in [9.17, 15) is 0 Å². The van der Waals surface area contributed by atoms with Crippen LogP contribution in [0, 0.1) is 6.92 Å². The number of halogens is 1. The lowest BCUT2D eigenvalue weighted by atomic mass is 9.99. The molecule has 7 heteroatoms. The van der Waals surface area contributed by atoms with Crippen LogP contribution < -0.4 is 10.6 Å². The summed E-state index contributed by atoms with van der Waals surface area (Å²) >= 11 is 7.95. The average Bonchev–Trinajstić information content (AvgIpc) is 2.89. The van der Waals surface area contributed by atoms with Crippen LogP contribution in [-0.4, -0.2) is 28.0 Å². The molecule has 3 heterocycles. The van der Waals surface area contributed by atoms with Gasteiger partial charge in [0.15, 0.2) is 5.82 Å². The van der Waals surface area contributed by atoms with E-state index in [0.29, 0.717) is 16.8 Å². The SMILES string of the molecule is Cc1csc(C2CCCN(c3ncnc(N)c3Cl)C2)n1. The van der Waals surface area contributed by atoms with E-state index in [1.54, 1.807) is 11.3 Å². The zero-order valence-corrected chi connectivity index (χ0v) is 12.8. The molecule has 2 aromatic heterocycles. The Labute approximate surface area is 126 Å². The van der Waals surface area contributed by atoms with Gasteiger partial charge in [0.25, 0.3) is 0 Å². The Morgan fingerprint density at radius 1 is 1.45 bits per heavy atom. The van der Waals surface area contributed by atoms with Crippen LogP contribution in [0.1, 0.15) is 29.5 Å². The maximum atomic E-state index is 6.22. The minimum Gasteiger partial charge on any atom is -0.382 e. The monoisotopic (exact) mass is 309 g/mol. The Bertz CT molecular complexity index is 615. The van der Waals surface area contributed by atoms with E-state index in [-0.39, 0.29) is 0 Å². The lowest BCUT2D eigenvalue weighted by Crippen LogP contribution is -2.35. The number of rotatable bonds is 2. The number of hydrogen-bond acceptors (Lipinski definition) is 6. The van der Waals surface area contributed by atoms with Crippen molar-refractivity contribution in [1.29, 1.82) is 0 Å². The van der Waals surface area contributed by atoms with Gasteiger partial charge in [0.2, 0.25) is 0 Å². The number of nitrogens with two attached hydrogens (primary N) is 1. The molecule has 1 unspecified atom stereocenters. The summed E-state index contributed by atoms with van der Waals surface area (Å²) in [6.45, 7) is 3.85. The van der Waals surface area contributed by atoms with Crippen LogP contribution in [-0.2, 0) is 0 Å². The van der Waals surface area contributed by atoms with Crippen molar-refractivity contribution < 1.29 is 0 Å². The highest BCUT2D eigenvalue weighted by Crippen LogP contribution is 2.34. The Kier molecular flexibility index (Phi) is 3.76. The molecule has 0 amide bonds. The van der Waals surface area contributed by atoms with Gasteiger partial charge in [-0.15, -0.1) is 11.3 Å². The molecule has 1 aliphatic heterocycles. The number of aromatic nitrogens is 3. The van der Waals surface area contributed by atoms with E-state index in [4.69, 9.17) is 17.3 Å². The van der Waals surface area contributed by atoms with Crippen molar-refractivity contribution in [3.05, 3.63) is 27.4 Å². The highest BCUT2D eigenvalue weighted by atomic mass is 35.5. The van der Waals surface area contributed by atoms with Crippen molar-refractivity contribution in [1.82, 2.24) is 15.0 Å². The van der Waals surface area contributed by atoms with E-state index in [0.717, 1.165) is 37.4 Å². The van der Waals surface area contributed by atoms with Gasteiger partial charge >= 0.3 is 0 Å². The van der Waals surface area contributed by atoms with Gasteiger partial charge in [0, 0.05) is 30.1 Å². The zero-order valence-electron chi connectivity index (χ0n) is 11.2. The minimum absolute atomic E-state index is 0.337. The van der Waals surface area contributed by atoms with Crippen LogP contribution in [0.5, 0.6) is 0 Å². The minimum atomic E-state index is 0.337. The third-order valence-electron chi connectivity index (χ3n) is 3.50. The first-order chi connectivity index (χ1) is 9.65. The van der Waals surface area contributed by atoms with E-state index in [2.05, 4.69) is 25.2 Å². The maximum absolute atomic E-state index is 6.22. The Hall–Kier alpha value is -1.40. The summed E-state index contributed by atoms with van der Waals surface area (Å²) in [5.41, 5.74) is 6.85. The normalized spacial score (nSPS) is 19.3. The summed E-state index contributed by atoms with van der Waals surface area (Å²) in [7, 11) is 0. The lowest BCUT2D eigenvalue weighted by molar-refractivity contribution is 0.505. The summed E-state index contributed by atoms with van der Waals surface area (Å²) in [5, 5.41) is 3.75. The molecule has 20 heavy (non-hydrogen) atoms. The number of hydrogen-bond donors (Lipinski definition) is 1. The second kappa shape index (κ2) is 5.54. The molecule has 1 atom stereocenters. The summed E-state index contributed by atoms with van der Waals surface area (Å²) < 4.78 is 0. The molecule has 0 spiro atoms. The van der Waals surface area contributed by atoms with Gasteiger partial charge in [0.05, 0.1) is 5.01 Å². The first-order valence-corrected chi connectivity index (χ1v) is 7.84. The molecule has 0 bridgehead atoms. The van der Waals surface area contributed by atoms with Gasteiger partial charge in [-0.2, -0.15) is 0 Å². The molecule has 2 aromatic rings. The molecule has 3 rings (SSSR count). The molecule has 0 aromatic carbocycles. The second-order valence-electron chi connectivity index (χ2n) is 5.01. The maximum Gasteiger partial charge on any atom is 0.153 e. The van der Waals surface area contributed by atoms with Crippen LogP contribution in [0.25, 0.3) is 0 Å². The first kappa shape index (κ1) is 13.6. The van der Waals surface area contributed by atoms with Crippen molar-refractivity contribution in [3.63, 3.8) is 0 Å². The smallest absolute Gasteiger partial charge is 0.153 e. The Balaban J connectivity index is 1.83. The molecule has 2 N–H and O–H groups in total. The summed E-state index contributed by atoms with van der Waals surface area (Å²) in [4.78, 5) is 15.0. The molecule has 0 aliphatic carbocycles. The van der Waals surface area contributed by atoms with Crippen LogP contribution in [0.2, 0.25) is 5.02 Å². The van der Waals surface area contributed by atoms with E-state index >= 15 is 0 Å². The van der Waals surface area contributed by atoms with Crippen LogP contribution in [0.3, 0.4) is 0 Å². The first-order valence-electron chi connectivity index (χ1n) is 6.58. The third kappa shape index (κ3) is 2.58. The van der Waals surface area contributed by atoms with Crippen LogP contribution >= 0.6 is 22.9 Å². The summed E-state index contributed by atoms with van der Waals surface area (Å²) in [6.07, 6.45) is 3.72. The van der Waals surface area contributed by atoms with E-state index in [1.807, 2.05) is 6.92 Å². The highest BCUT2D eigenvalue weighted by molar-refractivity contribution is 7.09. The molecule has 0 saturated carbocycles. The van der Waals surface area contributed by atoms with Crippen molar-refractivity contribution in [3.8, 4) is 0 Å². The van der Waals surface area contributed by atoms with Gasteiger partial charge in [-0.3, -0.25) is 0 Å². The highest BCUT2D eigenvalue weighted by Gasteiger charge is 2.26. The van der Waals surface area contributed by atoms with Crippen LogP contribution in [0.4, 0.5) is 11.6 Å². The van der Waals surface area contributed by atoms with Gasteiger partial charge in [-0.05, 0) is 19.8 Å².